The second-order valence-corrected chi connectivity index (χ2v) is 14.1. The van der Waals surface area contributed by atoms with Crippen molar-refractivity contribution < 1.29 is 24.0 Å². The zero-order valence-electron chi connectivity index (χ0n) is 29.8. The van der Waals surface area contributed by atoms with Gasteiger partial charge in [0.15, 0.2) is 0 Å². The Labute approximate surface area is 308 Å². The molecule has 7 rings (SSSR count). The predicted molar refractivity (Wildman–Crippen MR) is 204 cm³/mol. The molecule has 0 saturated heterocycles. The van der Waals surface area contributed by atoms with Crippen LogP contribution in [-0.2, 0) is 14.4 Å². The summed E-state index contributed by atoms with van der Waals surface area (Å²) in [5, 5.41) is 5.29. The Morgan fingerprint density at radius 3 is 2.20 bits per heavy atom. The molecule has 3 heterocycles. The van der Waals surface area contributed by atoms with E-state index in [1.807, 2.05) is 77.3 Å². The number of carbonyl (C=O) groups excluding carboxylic acids is 5. The van der Waals surface area contributed by atoms with Gasteiger partial charge in [-0.3, -0.25) is 24.0 Å². The molecule has 3 aliphatic rings. The number of likely N-dealkylation sites (N-methyl/N-ethyl adjacent to an activating group) is 2. The molecule has 270 valence electrons. The van der Waals surface area contributed by atoms with Crippen molar-refractivity contribution in [2.75, 3.05) is 64.6 Å². The van der Waals surface area contributed by atoms with Crippen LogP contribution in [0.4, 0.5) is 11.4 Å². The number of ketones is 3. The minimum Gasteiger partial charge on any atom is -0.329 e. The SMILES string of the molecule is CC1CCC(=O)CC1=O.CN(C)CCN.Cc1ccc2c3c(c4cc(Cl)ccc4nc13)C(=O)N2CCN(C)C.O=C1Nc2ccc(Cl)cc2C1=O. The highest BCUT2D eigenvalue weighted by Crippen LogP contribution is 2.41. The van der Waals surface area contributed by atoms with Gasteiger partial charge in [0.05, 0.1) is 40.0 Å². The Morgan fingerprint density at radius 1 is 0.922 bits per heavy atom. The van der Waals surface area contributed by atoms with Crippen LogP contribution in [0, 0.1) is 12.8 Å². The fourth-order valence-electron chi connectivity index (χ4n) is 5.72. The van der Waals surface area contributed by atoms with Gasteiger partial charge in [0.25, 0.3) is 17.6 Å². The van der Waals surface area contributed by atoms with E-state index in [4.69, 9.17) is 33.9 Å². The predicted octanol–water partition coefficient (Wildman–Crippen LogP) is 5.80. The third kappa shape index (κ3) is 9.55. The lowest BCUT2D eigenvalue weighted by Crippen LogP contribution is -2.34. The molecule has 1 fully saturated rings. The van der Waals surface area contributed by atoms with Gasteiger partial charge < -0.3 is 25.8 Å². The second-order valence-electron chi connectivity index (χ2n) is 13.2. The zero-order chi connectivity index (χ0) is 37.6. The summed E-state index contributed by atoms with van der Waals surface area (Å²) in [7, 11) is 8.03. The van der Waals surface area contributed by atoms with Gasteiger partial charge in [0.1, 0.15) is 11.6 Å². The van der Waals surface area contributed by atoms with Crippen LogP contribution in [0.5, 0.6) is 0 Å². The number of anilines is 2. The van der Waals surface area contributed by atoms with Crippen molar-refractivity contribution in [2.45, 2.75) is 33.1 Å². The first-order valence-electron chi connectivity index (χ1n) is 16.7. The number of rotatable bonds is 5. The average Bonchev–Trinajstić information content (AvgIpc) is 3.52. The molecule has 1 aliphatic carbocycles. The number of aryl methyl sites for hydroxylation is 1. The summed E-state index contributed by atoms with van der Waals surface area (Å²) >= 11 is 11.8. The summed E-state index contributed by atoms with van der Waals surface area (Å²) in [5.41, 5.74) is 10.5. The third-order valence-corrected chi connectivity index (χ3v) is 9.09. The Kier molecular flexibility index (Phi) is 13.4. The van der Waals surface area contributed by atoms with E-state index in [1.54, 1.807) is 12.1 Å². The lowest BCUT2D eigenvalue weighted by Gasteiger charge is -2.20. The van der Waals surface area contributed by atoms with Crippen molar-refractivity contribution in [2.24, 2.45) is 11.7 Å². The fourth-order valence-corrected chi connectivity index (χ4v) is 6.06. The van der Waals surface area contributed by atoms with E-state index in [9.17, 15) is 24.0 Å². The van der Waals surface area contributed by atoms with Gasteiger partial charge in [-0.1, -0.05) is 36.2 Å². The minimum atomic E-state index is -0.590. The third-order valence-electron chi connectivity index (χ3n) is 8.62. The first kappa shape index (κ1) is 39.5. The van der Waals surface area contributed by atoms with Gasteiger partial charge in [-0.2, -0.15) is 0 Å². The summed E-state index contributed by atoms with van der Waals surface area (Å²) in [6.45, 7) is 7.12. The van der Waals surface area contributed by atoms with Crippen LogP contribution in [0.3, 0.4) is 0 Å². The summed E-state index contributed by atoms with van der Waals surface area (Å²) in [4.78, 5) is 67.3. The fraction of sp³-hybridized carbons (Fsp3) is 0.368. The molecule has 2 aliphatic heterocycles. The first-order chi connectivity index (χ1) is 24.1. The summed E-state index contributed by atoms with van der Waals surface area (Å²) < 4.78 is 0. The number of aromatic nitrogens is 1. The molecule has 0 spiro atoms. The molecule has 0 radical (unpaired) electrons. The van der Waals surface area contributed by atoms with E-state index >= 15 is 0 Å². The molecule has 1 aromatic heterocycles. The number of nitrogens with zero attached hydrogens (tertiary/aromatic N) is 4. The van der Waals surface area contributed by atoms with Gasteiger partial charge in [0.2, 0.25) is 0 Å². The normalized spacial score (nSPS) is 16.1. The molecule has 1 unspecified atom stereocenters. The Bertz CT molecular complexity index is 2000. The van der Waals surface area contributed by atoms with Gasteiger partial charge in [-0.15, -0.1) is 0 Å². The molecule has 51 heavy (non-hydrogen) atoms. The minimum absolute atomic E-state index is 0.0390. The van der Waals surface area contributed by atoms with Crippen LogP contribution >= 0.6 is 23.2 Å². The molecule has 3 N–H and O–H groups in total. The highest BCUT2D eigenvalue weighted by Gasteiger charge is 2.33. The number of fused-ring (bicyclic) bond motifs is 3. The molecular formula is C38H44Cl2N6O5. The monoisotopic (exact) mass is 734 g/mol. The van der Waals surface area contributed by atoms with Gasteiger partial charge in [0, 0.05) is 59.3 Å². The van der Waals surface area contributed by atoms with Crippen LogP contribution in [0.2, 0.25) is 10.0 Å². The van der Waals surface area contributed by atoms with Crippen molar-refractivity contribution >= 4 is 85.5 Å². The summed E-state index contributed by atoms with van der Waals surface area (Å²) in [6, 6.07) is 14.3. The standard InChI is InChI=1S/C19H18ClN3O.C8H4ClNO2.C7H10O2.C4H12N2/c1-11-4-7-15-17-16(19(24)23(15)9-8-22(2)3)13-10-12(20)5-6-14(13)21-18(11)17;9-4-1-2-6-5(3-4)7(11)8(12)10-6;1-5-2-3-6(8)4-7(5)9;1-6(2)4-3-5/h4-7,10H,8-9H2,1-3H3;1-3H,(H,10,11,12);5H,2-4H2,1H3;3-5H2,1-2H3. The van der Waals surface area contributed by atoms with Crippen LogP contribution < -0.4 is 16.0 Å². The van der Waals surface area contributed by atoms with E-state index in [2.05, 4.69) is 15.1 Å². The van der Waals surface area contributed by atoms with E-state index < -0.39 is 11.7 Å². The van der Waals surface area contributed by atoms with Gasteiger partial charge in [-0.25, -0.2) is 4.98 Å². The van der Waals surface area contributed by atoms with E-state index in [1.165, 1.54) is 6.07 Å². The number of benzene rings is 3. The van der Waals surface area contributed by atoms with Gasteiger partial charge in [-0.05, 0) is 89.6 Å². The summed E-state index contributed by atoms with van der Waals surface area (Å²) in [6.07, 6.45) is 1.55. The maximum Gasteiger partial charge on any atom is 0.296 e. The number of carbonyl (C=O) groups is 5. The van der Waals surface area contributed by atoms with Crippen LogP contribution in [0.15, 0.2) is 48.5 Å². The molecule has 4 aromatic rings. The van der Waals surface area contributed by atoms with E-state index in [-0.39, 0.29) is 29.8 Å². The lowest BCUT2D eigenvalue weighted by atomic mass is 9.89. The largest absolute Gasteiger partial charge is 0.329 e. The van der Waals surface area contributed by atoms with Crippen LogP contribution in [0.1, 0.15) is 52.5 Å². The number of hydrogen-bond donors (Lipinski definition) is 2. The van der Waals surface area contributed by atoms with Crippen molar-refractivity contribution in [3.05, 3.63) is 75.3 Å². The number of hydrogen-bond acceptors (Lipinski definition) is 9. The second kappa shape index (κ2) is 17.3. The number of Topliss-reactive ketones (excluding diaryl/α,β-unsaturated/α-hetero) is 3. The van der Waals surface area contributed by atoms with Gasteiger partial charge >= 0.3 is 0 Å². The van der Waals surface area contributed by atoms with E-state index in [0.29, 0.717) is 34.3 Å². The first-order valence-corrected chi connectivity index (χ1v) is 17.4. The average molecular weight is 736 g/mol. The highest BCUT2D eigenvalue weighted by atomic mass is 35.5. The molecular weight excluding hydrogens is 691 g/mol. The molecule has 3 aromatic carbocycles. The zero-order valence-corrected chi connectivity index (χ0v) is 31.3. The van der Waals surface area contributed by atoms with Crippen molar-refractivity contribution in [1.82, 2.24) is 14.8 Å². The molecule has 13 heteroatoms. The molecule has 0 bridgehead atoms. The lowest BCUT2D eigenvalue weighted by molar-refractivity contribution is -0.132. The Morgan fingerprint density at radius 2 is 1.59 bits per heavy atom. The van der Waals surface area contributed by atoms with Crippen molar-refractivity contribution in [1.29, 1.82) is 0 Å². The number of amides is 2. The molecule has 2 amide bonds. The highest BCUT2D eigenvalue weighted by molar-refractivity contribution is 6.52. The number of nitrogens with one attached hydrogen (secondary N) is 1. The quantitative estimate of drug-likeness (QED) is 0.148. The van der Waals surface area contributed by atoms with Crippen molar-refractivity contribution in [3.8, 4) is 0 Å². The van der Waals surface area contributed by atoms with Crippen molar-refractivity contribution in [3.63, 3.8) is 0 Å². The number of nitrogens with two attached hydrogens (primary N) is 1. The molecule has 11 nitrogen and oxygen atoms in total. The smallest absolute Gasteiger partial charge is 0.296 e. The topological polar surface area (TPSA) is 146 Å². The van der Waals surface area contributed by atoms with E-state index in [0.717, 1.165) is 64.7 Å². The Hall–Kier alpha value is -4.26. The Balaban J connectivity index is 0.000000179. The number of pyridine rings is 1. The molecule has 1 atom stereocenters. The van der Waals surface area contributed by atoms with Crippen LogP contribution in [-0.4, -0.2) is 98.3 Å². The van der Waals surface area contributed by atoms with Crippen LogP contribution in [0.25, 0.3) is 21.8 Å². The maximum atomic E-state index is 13.2. The summed E-state index contributed by atoms with van der Waals surface area (Å²) in [5.74, 6) is -0.719. The maximum absolute atomic E-state index is 13.2. The number of halogens is 2. The molecule has 1 saturated carbocycles.